The fraction of sp³-hybridized carbons (Fsp3) is 0.960. The van der Waals surface area contributed by atoms with E-state index in [1.165, 1.54) is 180 Å². The Morgan fingerprint density at radius 1 is 0.404 bits per heavy atom. The highest BCUT2D eigenvalue weighted by molar-refractivity contribution is 7.96. The minimum Gasteiger partial charge on any atom is -0.462 e. The Bertz CT molecular complexity index is 829. The first kappa shape index (κ1) is 56.2. The van der Waals surface area contributed by atoms with Crippen molar-refractivity contribution in [1.29, 1.82) is 0 Å². The average Bonchev–Trinajstić information content (AvgIpc) is 3.20. The van der Waals surface area contributed by atoms with Crippen LogP contribution in [0, 0.1) is 0 Å². The Balaban J connectivity index is 4.38. The number of unbranched alkanes of at least 4 members (excludes halogenated alkanes) is 23. The van der Waals surface area contributed by atoms with Crippen LogP contribution >= 0.6 is 11.9 Å². The highest BCUT2D eigenvalue weighted by atomic mass is 32.2. The molecular formula is C50H100N2O4S. The zero-order chi connectivity index (χ0) is 41.9. The lowest BCUT2D eigenvalue weighted by molar-refractivity contribution is -0.151. The number of hydrogen-bond acceptors (Lipinski definition) is 7. The van der Waals surface area contributed by atoms with Crippen LogP contribution in [-0.4, -0.2) is 72.8 Å². The zero-order valence-electron chi connectivity index (χ0n) is 39.4. The number of rotatable bonds is 46. The lowest BCUT2D eigenvalue weighted by Gasteiger charge is -2.23. The van der Waals surface area contributed by atoms with Crippen molar-refractivity contribution in [1.82, 2.24) is 9.21 Å². The van der Waals surface area contributed by atoms with Crippen LogP contribution in [0.1, 0.15) is 259 Å². The second-order valence-electron chi connectivity index (χ2n) is 17.4. The third-order valence-corrected chi connectivity index (χ3v) is 12.6. The minimum absolute atomic E-state index is 0.0204. The Kier molecular flexibility index (Phi) is 44.1. The normalized spacial score (nSPS) is 12.3. The predicted molar refractivity (Wildman–Crippen MR) is 251 cm³/mol. The standard InChI is InChI=1S/C50H100N2O4S/c1-7-11-14-17-22-29-38-47(37-10-4)55-49(53)41-32-25-20-27-34-44-52(46-36-43-51(5)57-6)45-35-28-21-26-33-42-50(54)56-48(39-30-23-18-15-12-8-2)40-31-24-19-16-13-9-3/h47-48H,7-46H2,1-6H3. The Morgan fingerprint density at radius 2 is 0.737 bits per heavy atom. The summed E-state index contributed by atoms with van der Waals surface area (Å²) in [6.45, 7) is 13.6. The molecule has 0 aliphatic rings. The van der Waals surface area contributed by atoms with Crippen molar-refractivity contribution in [3.63, 3.8) is 0 Å². The number of esters is 2. The van der Waals surface area contributed by atoms with E-state index in [-0.39, 0.29) is 24.1 Å². The van der Waals surface area contributed by atoms with Crippen LogP contribution in [0.2, 0.25) is 0 Å². The van der Waals surface area contributed by atoms with Crippen LogP contribution < -0.4 is 0 Å². The molecule has 6 nitrogen and oxygen atoms in total. The lowest BCUT2D eigenvalue weighted by atomic mass is 10.0. The summed E-state index contributed by atoms with van der Waals surface area (Å²) in [5, 5.41) is 0. The quantitative estimate of drug-likeness (QED) is 0.0344. The van der Waals surface area contributed by atoms with Crippen molar-refractivity contribution in [2.24, 2.45) is 0 Å². The van der Waals surface area contributed by atoms with Gasteiger partial charge in [-0.15, -0.1) is 0 Å². The van der Waals surface area contributed by atoms with Gasteiger partial charge in [0.15, 0.2) is 0 Å². The largest absolute Gasteiger partial charge is 0.462 e. The number of carbonyl (C=O) groups is 2. The first-order valence-corrected chi connectivity index (χ1v) is 26.4. The monoisotopic (exact) mass is 825 g/mol. The second kappa shape index (κ2) is 44.8. The predicted octanol–water partition coefficient (Wildman–Crippen LogP) is 15.4. The molecule has 0 aromatic heterocycles. The van der Waals surface area contributed by atoms with Crippen LogP contribution in [0.3, 0.4) is 0 Å². The lowest BCUT2D eigenvalue weighted by Crippen LogP contribution is -2.29. The summed E-state index contributed by atoms with van der Waals surface area (Å²) >= 11 is 1.81. The van der Waals surface area contributed by atoms with Gasteiger partial charge in [-0.2, -0.15) is 0 Å². The van der Waals surface area contributed by atoms with Gasteiger partial charge in [0.1, 0.15) is 12.2 Å². The maximum absolute atomic E-state index is 12.8. The molecule has 0 aromatic rings. The molecule has 340 valence electrons. The molecule has 57 heavy (non-hydrogen) atoms. The number of ether oxygens (including phenoxy) is 2. The van der Waals surface area contributed by atoms with Gasteiger partial charge in [0.05, 0.1) is 0 Å². The second-order valence-corrected chi connectivity index (χ2v) is 18.4. The molecular weight excluding hydrogens is 725 g/mol. The summed E-state index contributed by atoms with van der Waals surface area (Å²) in [5.74, 6) is 0.0599. The SMILES string of the molecule is CCCCCCCCC(CCC)OC(=O)CCCCCCCN(CCCCCCCC(=O)OC(CCCCCCCC)CCCCCCCC)CCCN(C)SC. The van der Waals surface area contributed by atoms with E-state index in [9.17, 15) is 9.59 Å². The van der Waals surface area contributed by atoms with Crippen molar-refractivity contribution in [2.75, 3.05) is 39.5 Å². The topological polar surface area (TPSA) is 59.1 Å². The van der Waals surface area contributed by atoms with E-state index in [1.54, 1.807) is 0 Å². The first-order valence-electron chi connectivity index (χ1n) is 25.3. The van der Waals surface area contributed by atoms with Gasteiger partial charge in [0.2, 0.25) is 0 Å². The summed E-state index contributed by atoms with van der Waals surface area (Å²) in [4.78, 5) is 28.1. The van der Waals surface area contributed by atoms with Gasteiger partial charge in [-0.05, 0) is 110 Å². The van der Waals surface area contributed by atoms with Crippen LogP contribution in [0.4, 0.5) is 0 Å². The Hall–Kier alpha value is -0.790. The van der Waals surface area contributed by atoms with E-state index < -0.39 is 0 Å². The smallest absolute Gasteiger partial charge is 0.306 e. The fourth-order valence-corrected chi connectivity index (χ4v) is 8.32. The van der Waals surface area contributed by atoms with Gasteiger partial charge in [-0.25, -0.2) is 0 Å². The van der Waals surface area contributed by atoms with Crippen LogP contribution in [0.5, 0.6) is 0 Å². The average molecular weight is 825 g/mol. The molecule has 1 atom stereocenters. The van der Waals surface area contributed by atoms with Crippen LogP contribution in [0.15, 0.2) is 0 Å². The highest BCUT2D eigenvalue weighted by Crippen LogP contribution is 2.19. The summed E-state index contributed by atoms with van der Waals surface area (Å²) in [6, 6.07) is 0. The minimum atomic E-state index is 0.0204. The molecule has 0 bridgehead atoms. The van der Waals surface area contributed by atoms with E-state index in [1.807, 2.05) is 11.9 Å². The van der Waals surface area contributed by atoms with Gasteiger partial charge < -0.3 is 14.4 Å². The molecule has 0 aromatic carbocycles. The van der Waals surface area contributed by atoms with Crippen molar-refractivity contribution >= 4 is 23.9 Å². The van der Waals surface area contributed by atoms with E-state index in [4.69, 9.17) is 9.47 Å². The molecule has 0 saturated carbocycles. The Labute approximate surface area is 361 Å². The molecule has 0 aliphatic carbocycles. The Morgan fingerprint density at radius 3 is 1.12 bits per heavy atom. The third-order valence-electron chi connectivity index (χ3n) is 11.8. The molecule has 0 rings (SSSR count). The van der Waals surface area contributed by atoms with Crippen LogP contribution in [0.25, 0.3) is 0 Å². The molecule has 1 unspecified atom stereocenters. The van der Waals surface area contributed by atoms with E-state index in [0.717, 1.165) is 64.3 Å². The van der Waals surface area contributed by atoms with Crippen molar-refractivity contribution in [3.05, 3.63) is 0 Å². The van der Waals surface area contributed by atoms with E-state index >= 15 is 0 Å². The van der Waals surface area contributed by atoms with Crippen LogP contribution in [-0.2, 0) is 19.1 Å². The van der Waals surface area contributed by atoms with Crippen molar-refractivity contribution < 1.29 is 19.1 Å². The van der Waals surface area contributed by atoms with E-state index in [0.29, 0.717) is 12.8 Å². The maximum atomic E-state index is 12.8. The number of hydrogen-bond donors (Lipinski definition) is 0. The molecule has 0 amide bonds. The first-order chi connectivity index (χ1) is 27.9. The summed E-state index contributed by atoms with van der Waals surface area (Å²) in [5.41, 5.74) is 0. The van der Waals surface area contributed by atoms with E-state index in [2.05, 4.69) is 50.2 Å². The summed E-state index contributed by atoms with van der Waals surface area (Å²) in [6.07, 6.45) is 44.7. The van der Waals surface area contributed by atoms with Crippen molar-refractivity contribution in [2.45, 2.75) is 271 Å². The molecule has 0 heterocycles. The van der Waals surface area contributed by atoms with Gasteiger partial charge in [-0.1, -0.05) is 181 Å². The third kappa shape index (κ3) is 40.4. The van der Waals surface area contributed by atoms with Gasteiger partial charge in [0.25, 0.3) is 0 Å². The van der Waals surface area contributed by atoms with Crippen molar-refractivity contribution in [3.8, 4) is 0 Å². The molecule has 7 heteroatoms. The highest BCUT2D eigenvalue weighted by Gasteiger charge is 2.15. The summed E-state index contributed by atoms with van der Waals surface area (Å²) in [7, 11) is 2.19. The summed E-state index contributed by atoms with van der Waals surface area (Å²) < 4.78 is 14.3. The molecule has 0 radical (unpaired) electrons. The molecule has 0 N–H and O–H groups in total. The maximum Gasteiger partial charge on any atom is 0.306 e. The molecule has 0 fully saturated rings. The van der Waals surface area contributed by atoms with Gasteiger partial charge >= 0.3 is 11.9 Å². The number of carbonyl (C=O) groups excluding carboxylic acids is 2. The number of nitrogens with zero attached hydrogens (tertiary/aromatic N) is 2. The van der Waals surface area contributed by atoms with Gasteiger partial charge in [0, 0.05) is 19.4 Å². The molecule has 0 aliphatic heterocycles. The molecule has 0 saturated heterocycles. The fourth-order valence-electron chi connectivity index (χ4n) is 8.01. The van der Waals surface area contributed by atoms with Gasteiger partial charge in [-0.3, -0.25) is 13.9 Å². The zero-order valence-corrected chi connectivity index (χ0v) is 40.2. The molecule has 0 spiro atoms.